The minimum atomic E-state index is -4.52. The second-order valence-electron chi connectivity index (χ2n) is 6.80. The fourth-order valence-electron chi connectivity index (χ4n) is 3.35. The smallest absolute Gasteiger partial charge is 0.323 e. The Balaban J connectivity index is 1.61. The number of nitrogens with one attached hydrogen (secondary N) is 2. The van der Waals surface area contributed by atoms with Gasteiger partial charge in [-0.05, 0) is 50.2 Å². The molecule has 2 heterocycles. The van der Waals surface area contributed by atoms with Crippen molar-refractivity contribution < 1.29 is 13.2 Å². The molecule has 0 unspecified atom stereocenters. The first-order valence-electron chi connectivity index (χ1n) is 9.04. The van der Waals surface area contributed by atoms with Gasteiger partial charge in [0.25, 0.3) is 0 Å². The number of aromatic nitrogens is 3. The number of alkyl halides is 3. The van der Waals surface area contributed by atoms with Gasteiger partial charge in [-0.25, -0.2) is 10.4 Å². The summed E-state index contributed by atoms with van der Waals surface area (Å²) in [5.41, 5.74) is 6.34. The average molecular weight is 432 g/mol. The lowest BCUT2D eigenvalue weighted by Crippen LogP contribution is -2.08. The van der Waals surface area contributed by atoms with Gasteiger partial charge in [0, 0.05) is 22.6 Å². The molecule has 2 N–H and O–H groups in total. The van der Waals surface area contributed by atoms with Crippen molar-refractivity contribution in [3.63, 3.8) is 0 Å². The zero-order valence-corrected chi connectivity index (χ0v) is 16.8. The molecule has 9 heteroatoms. The van der Waals surface area contributed by atoms with E-state index in [-0.39, 0.29) is 5.02 Å². The SMILES string of the molecule is Cc1cc(/C=N/Nc2nc3ccccc3[nH]2)c(C)n1-c1ccc(Cl)c(C(F)(F)F)c1. The Morgan fingerprint density at radius 2 is 1.90 bits per heavy atom. The lowest BCUT2D eigenvalue weighted by molar-refractivity contribution is -0.137. The molecule has 0 aliphatic carbocycles. The van der Waals surface area contributed by atoms with Crippen LogP contribution in [0.1, 0.15) is 22.5 Å². The number of halogens is 4. The largest absolute Gasteiger partial charge is 0.417 e. The molecule has 0 saturated carbocycles. The molecule has 0 radical (unpaired) electrons. The van der Waals surface area contributed by atoms with E-state index in [0.717, 1.165) is 34.1 Å². The van der Waals surface area contributed by atoms with Crippen LogP contribution in [0.4, 0.5) is 19.1 Å². The fourth-order valence-corrected chi connectivity index (χ4v) is 3.58. The van der Waals surface area contributed by atoms with Crippen LogP contribution in [0, 0.1) is 13.8 Å². The number of rotatable bonds is 4. The molecule has 30 heavy (non-hydrogen) atoms. The number of hydrogen-bond donors (Lipinski definition) is 2. The lowest BCUT2D eigenvalue weighted by Gasteiger charge is -2.14. The number of hydrogen-bond acceptors (Lipinski definition) is 3. The molecule has 0 bridgehead atoms. The van der Waals surface area contributed by atoms with Gasteiger partial charge < -0.3 is 9.55 Å². The molecule has 0 aliphatic rings. The Labute approximate surface area is 175 Å². The van der Waals surface area contributed by atoms with Crippen molar-refractivity contribution >= 4 is 34.8 Å². The maximum atomic E-state index is 13.2. The average Bonchev–Trinajstić information content (AvgIpc) is 3.22. The highest BCUT2D eigenvalue weighted by Crippen LogP contribution is 2.36. The van der Waals surface area contributed by atoms with Gasteiger partial charge in [0.05, 0.1) is 27.8 Å². The molecular formula is C21H17ClF3N5. The van der Waals surface area contributed by atoms with Gasteiger partial charge in [0.1, 0.15) is 0 Å². The van der Waals surface area contributed by atoms with Crippen LogP contribution in [-0.2, 0) is 6.18 Å². The van der Waals surface area contributed by atoms with Crippen molar-refractivity contribution in [2.45, 2.75) is 20.0 Å². The van der Waals surface area contributed by atoms with Crippen molar-refractivity contribution in [1.82, 2.24) is 14.5 Å². The van der Waals surface area contributed by atoms with E-state index >= 15 is 0 Å². The highest BCUT2D eigenvalue weighted by molar-refractivity contribution is 6.31. The Morgan fingerprint density at radius 3 is 2.63 bits per heavy atom. The summed E-state index contributed by atoms with van der Waals surface area (Å²) in [5.74, 6) is 0.494. The van der Waals surface area contributed by atoms with Gasteiger partial charge in [0.15, 0.2) is 0 Å². The second kappa shape index (κ2) is 7.53. The van der Waals surface area contributed by atoms with E-state index in [9.17, 15) is 13.2 Å². The maximum Gasteiger partial charge on any atom is 0.417 e. The normalized spacial score (nSPS) is 12.2. The number of imidazole rings is 1. The van der Waals surface area contributed by atoms with Crippen LogP contribution in [0.3, 0.4) is 0 Å². The van der Waals surface area contributed by atoms with Crippen LogP contribution in [0.15, 0.2) is 53.6 Å². The maximum absolute atomic E-state index is 13.2. The third-order valence-electron chi connectivity index (χ3n) is 4.75. The van der Waals surface area contributed by atoms with E-state index in [2.05, 4.69) is 20.5 Å². The molecule has 0 fully saturated rings. The Hall–Kier alpha value is -3.26. The zero-order valence-electron chi connectivity index (χ0n) is 16.0. The summed E-state index contributed by atoms with van der Waals surface area (Å²) in [5, 5.41) is 3.88. The number of fused-ring (bicyclic) bond motifs is 1. The van der Waals surface area contributed by atoms with Crippen LogP contribution < -0.4 is 5.43 Å². The molecule has 0 amide bonds. The van der Waals surface area contributed by atoms with Gasteiger partial charge in [-0.2, -0.15) is 18.3 Å². The highest BCUT2D eigenvalue weighted by Gasteiger charge is 2.33. The number of para-hydroxylation sites is 2. The van der Waals surface area contributed by atoms with Crippen molar-refractivity contribution in [2.24, 2.45) is 5.10 Å². The lowest BCUT2D eigenvalue weighted by atomic mass is 10.2. The number of anilines is 1. The van der Waals surface area contributed by atoms with Crippen LogP contribution in [0.2, 0.25) is 5.02 Å². The van der Waals surface area contributed by atoms with E-state index in [1.165, 1.54) is 6.07 Å². The predicted molar refractivity (Wildman–Crippen MR) is 113 cm³/mol. The Kier molecular flexibility index (Phi) is 5.03. The van der Waals surface area contributed by atoms with Gasteiger partial charge in [-0.15, -0.1) is 0 Å². The summed E-state index contributed by atoms with van der Waals surface area (Å²) >= 11 is 5.74. The summed E-state index contributed by atoms with van der Waals surface area (Å²) in [6.07, 6.45) is -2.92. The molecule has 5 nitrogen and oxygen atoms in total. The summed E-state index contributed by atoms with van der Waals surface area (Å²) in [6.45, 7) is 3.64. The minimum absolute atomic E-state index is 0.328. The first-order valence-corrected chi connectivity index (χ1v) is 9.42. The molecule has 2 aromatic heterocycles. The van der Waals surface area contributed by atoms with Gasteiger partial charge >= 0.3 is 6.18 Å². The summed E-state index contributed by atoms with van der Waals surface area (Å²) in [6, 6.07) is 13.3. The van der Waals surface area contributed by atoms with Gasteiger partial charge in [-0.3, -0.25) is 0 Å². The van der Waals surface area contributed by atoms with E-state index in [0.29, 0.717) is 11.6 Å². The van der Waals surface area contributed by atoms with Crippen LogP contribution in [-0.4, -0.2) is 20.7 Å². The quantitative estimate of drug-likeness (QED) is 0.303. The minimum Gasteiger partial charge on any atom is -0.323 e. The number of H-pyrrole nitrogens is 1. The van der Waals surface area contributed by atoms with Crippen LogP contribution >= 0.6 is 11.6 Å². The van der Waals surface area contributed by atoms with Crippen LogP contribution in [0.5, 0.6) is 0 Å². The molecule has 2 aromatic carbocycles. The summed E-state index contributed by atoms with van der Waals surface area (Å²) in [7, 11) is 0. The number of aromatic amines is 1. The Morgan fingerprint density at radius 1 is 1.13 bits per heavy atom. The molecule has 4 rings (SSSR count). The first kappa shape index (κ1) is 20.0. The molecule has 4 aromatic rings. The second-order valence-corrected chi connectivity index (χ2v) is 7.20. The molecule has 0 spiro atoms. The summed E-state index contributed by atoms with van der Waals surface area (Å²) < 4.78 is 41.4. The summed E-state index contributed by atoms with van der Waals surface area (Å²) in [4.78, 5) is 7.48. The Bertz CT molecular complexity index is 1220. The third-order valence-corrected chi connectivity index (χ3v) is 5.08. The number of hydrazone groups is 1. The highest BCUT2D eigenvalue weighted by atomic mass is 35.5. The first-order chi connectivity index (χ1) is 14.2. The topological polar surface area (TPSA) is 58.0 Å². The number of aryl methyl sites for hydroxylation is 1. The van der Waals surface area contributed by atoms with Gasteiger partial charge in [0.2, 0.25) is 5.95 Å². The van der Waals surface area contributed by atoms with Crippen molar-refractivity contribution in [2.75, 3.05) is 5.43 Å². The molecule has 0 atom stereocenters. The number of nitrogens with zero attached hydrogens (tertiary/aromatic N) is 3. The monoisotopic (exact) mass is 431 g/mol. The van der Waals surface area contributed by atoms with E-state index in [1.54, 1.807) is 16.8 Å². The van der Waals surface area contributed by atoms with Crippen molar-refractivity contribution in [3.05, 3.63) is 76.1 Å². The van der Waals surface area contributed by atoms with E-state index in [4.69, 9.17) is 11.6 Å². The zero-order chi connectivity index (χ0) is 21.5. The third kappa shape index (κ3) is 3.78. The number of benzene rings is 2. The van der Waals surface area contributed by atoms with Gasteiger partial charge in [-0.1, -0.05) is 23.7 Å². The van der Waals surface area contributed by atoms with E-state index < -0.39 is 11.7 Å². The predicted octanol–water partition coefficient (Wildman–Crippen LogP) is 6.09. The molecule has 154 valence electrons. The van der Waals surface area contributed by atoms with Crippen molar-refractivity contribution in [1.29, 1.82) is 0 Å². The molecular weight excluding hydrogens is 415 g/mol. The molecule has 0 aliphatic heterocycles. The van der Waals surface area contributed by atoms with Crippen molar-refractivity contribution in [3.8, 4) is 5.69 Å². The van der Waals surface area contributed by atoms with Crippen LogP contribution in [0.25, 0.3) is 16.7 Å². The molecule has 0 saturated heterocycles. The fraction of sp³-hybridized carbons (Fsp3) is 0.143. The van der Waals surface area contributed by atoms with E-state index in [1.807, 2.05) is 44.2 Å². The standard InChI is InChI=1S/C21H17ClF3N5/c1-12-9-14(11-26-29-20-27-18-5-3-4-6-19(18)28-20)13(2)30(12)15-7-8-17(22)16(10-15)21(23,24)25/h3-11H,1-2H3,(H2,27,28,29)/b26-11+.